The van der Waals surface area contributed by atoms with E-state index in [0.717, 1.165) is 34.1 Å². The van der Waals surface area contributed by atoms with E-state index in [1.807, 2.05) is 0 Å². The van der Waals surface area contributed by atoms with E-state index in [-0.39, 0.29) is 0 Å². The van der Waals surface area contributed by atoms with Crippen molar-refractivity contribution in [1.29, 1.82) is 0 Å². The molecule has 0 saturated carbocycles. The lowest BCUT2D eigenvalue weighted by molar-refractivity contribution is 0.793. The Morgan fingerprint density at radius 1 is 0.246 bits per heavy atom. The van der Waals surface area contributed by atoms with Crippen molar-refractivity contribution in [2.75, 3.05) is 9.80 Å². The molecule has 0 amide bonds. The van der Waals surface area contributed by atoms with Crippen LogP contribution in [0.25, 0.3) is 33.4 Å². The fraction of sp³-hybridized carbons (Fsp3) is 0.0182. The van der Waals surface area contributed by atoms with Crippen LogP contribution in [0, 0.1) is 0 Å². The summed E-state index contributed by atoms with van der Waals surface area (Å²) < 4.78 is 0. The third kappa shape index (κ3) is 5.11. The van der Waals surface area contributed by atoms with Crippen molar-refractivity contribution < 1.29 is 0 Å². The van der Waals surface area contributed by atoms with Crippen LogP contribution in [-0.4, -0.2) is 0 Å². The number of anilines is 6. The lowest BCUT2D eigenvalue weighted by atomic mass is 9.70. The zero-order chi connectivity index (χ0) is 37.8. The molecule has 0 radical (unpaired) electrons. The van der Waals surface area contributed by atoms with Crippen LogP contribution in [0.15, 0.2) is 231 Å². The Bertz CT molecular complexity index is 2860. The molecule has 2 aliphatic rings. The fourth-order valence-electron chi connectivity index (χ4n) is 9.53. The van der Waals surface area contributed by atoms with Crippen LogP contribution in [-0.2, 0) is 5.41 Å². The smallest absolute Gasteiger partial charge is 0.0726 e. The van der Waals surface area contributed by atoms with Crippen molar-refractivity contribution >= 4 is 34.1 Å². The number of fused-ring (bicyclic) bond motifs is 10. The maximum absolute atomic E-state index is 2.48. The molecule has 57 heavy (non-hydrogen) atoms. The summed E-state index contributed by atoms with van der Waals surface area (Å²) in [6.07, 6.45) is 0. The first-order valence-corrected chi connectivity index (χ1v) is 19.7. The molecule has 1 unspecified atom stereocenters. The second kappa shape index (κ2) is 13.4. The fourth-order valence-corrected chi connectivity index (χ4v) is 9.53. The third-order valence-corrected chi connectivity index (χ3v) is 11.8. The van der Waals surface area contributed by atoms with E-state index < -0.39 is 5.41 Å². The Hall–Kier alpha value is -7.42. The van der Waals surface area contributed by atoms with Gasteiger partial charge in [-0.15, -0.1) is 0 Å². The molecular formula is C55H38N2. The van der Waals surface area contributed by atoms with Gasteiger partial charge < -0.3 is 9.80 Å². The second-order valence-corrected chi connectivity index (χ2v) is 14.9. The molecule has 2 heteroatoms. The summed E-state index contributed by atoms with van der Waals surface area (Å²) in [5.41, 5.74) is 19.0. The maximum Gasteiger partial charge on any atom is 0.0726 e. The van der Waals surface area contributed by atoms with Crippen LogP contribution in [0.5, 0.6) is 0 Å². The first kappa shape index (κ1) is 33.0. The standard InChI is InChI=1S/C55H38N2/c1-5-19-39(20-6-1)45-27-15-18-32-54(45)57(42-25-11-4-12-26-42)44-33-35-48-46-28-13-16-30-50(46)55(53(48)38-44)51-31-17-14-29-47(51)49-37-43(34-36-52(49)55)56(40-21-7-2-8-22-40)41-23-9-3-10-24-41/h1-38H. The number of para-hydroxylation sites is 4. The van der Waals surface area contributed by atoms with Crippen LogP contribution in [0.4, 0.5) is 34.1 Å². The zero-order valence-corrected chi connectivity index (χ0v) is 31.3. The summed E-state index contributed by atoms with van der Waals surface area (Å²) in [7, 11) is 0. The second-order valence-electron chi connectivity index (χ2n) is 14.9. The Morgan fingerprint density at radius 2 is 0.667 bits per heavy atom. The highest BCUT2D eigenvalue weighted by molar-refractivity contribution is 5.98. The van der Waals surface area contributed by atoms with Gasteiger partial charge in [0.15, 0.2) is 0 Å². The van der Waals surface area contributed by atoms with Gasteiger partial charge in [0.25, 0.3) is 0 Å². The summed E-state index contributed by atoms with van der Waals surface area (Å²) >= 11 is 0. The van der Waals surface area contributed by atoms with Gasteiger partial charge in [0.05, 0.1) is 11.1 Å². The Balaban J connectivity index is 1.16. The van der Waals surface area contributed by atoms with Gasteiger partial charge in [-0.3, -0.25) is 0 Å². The zero-order valence-electron chi connectivity index (χ0n) is 31.3. The average Bonchev–Trinajstić information content (AvgIpc) is 3.75. The molecule has 0 heterocycles. The van der Waals surface area contributed by atoms with E-state index >= 15 is 0 Å². The summed E-state index contributed by atoms with van der Waals surface area (Å²) in [5.74, 6) is 0. The molecule has 0 saturated heterocycles. The lowest BCUT2D eigenvalue weighted by Gasteiger charge is -2.33. The molecule has 0 bridgehead atoms. The van der Waals surface area contributed by atoms with E-state index in [4.69, 9.17) is 0 Å². The molecule has 1 spiro atoms. The molecule has 0 aromatic heterocycles. The van der Waals surface area contributed by atoms with Gasteiger partial charge >= 0.3 is 0 Å². The number of nitrogens with zero attached hydrogens (tertiary/aromatic N) is 2. The minimum Gasteiger partial charge on any atom is -0.310 e. The average molecular weight is 727 g/mol. The van der Waals surface area contributed by atoms with Crippen LogP contribution < -0.4 is 9.80 Å². The van der Waals surface area contributed by atoms with Crippen molar-refractivity contribution in [3.8, 4) is 33.4 Å². The van der Waals surface area contributed by atoms with Crippen molar-refractivity contribution in [3.05, 3.63) is 253 Å². The minimum absolute atomic E-state index is 0.502. The monoisotopic (exact) mass is 726 g/mol. The SMILES string of the molecule is c1ccc(-c2ccccc2N(c2ccccc2)c2ccc3c(c2)C2(c4ccccc4-c4cc(N(c5ccccc5)c5ccccc5)ccc42)c2ccccc2-3)cc1. The van der Waals surface area contributed by atoms with Gasteiger partial charge in [-0.25, -0.2) is 0 Å². The summed E-state index contributed by atoms with van der Waals surface area (Å²) in [5, 5.41) is 0. The molecule has 268 valence electrons. The molecule has 11 rings (SSSR count). The number of benzene rings is 9. The van der Waals surface area contributed by atoms with Gasteiger partial charge in [-0.1, -0.05) is 164 Å². The molecule has 2 aliphatic carbocycles. The first-order valence-electron chi connectivity index (χ1n) is 19.7. The van der Waals surface area contributed by atoms with Crippen molar-refractivity contribution in [2.24, 2.45) is 0 Å². The lowest BCUT2D eigenvalue weighted by Crippen LogP contribution is -2.26. The molecule has 9 aromatic carbocycles. The van der Waals surface area contributed by atoms with Crippen molar-refractivity contribution in [3.63, 3.8) is 0 Å². The van der Waals surface area contributed by atoms with Gasteiger partial charge in [0.2, 0.25) is 0 Å². The molecule has 9 aromatic rings. The normalized spacial score (nSPS) is 14.4. The van der Waals surface area contributed by atoms with Crippen LogP contribution in [0.2, 0.25) is 0 Å². The van der Waals surface area contributed by atoms with Crippen LogP contribution in [0.1, 0.15) is 22.3 Å². The molecule has 0 fully saturated rings. The predicted octanol–water partition coefficient (Wildman–Crippen LogP) is 14.6. The Kier molecular flexibility index (Phi) is 7.75. The van der Waals surface area contributed by atoms with Gasteiger partial charge in [0.1, 0.15) is 0 Å². The van der Waals surface area contributed by atoms with Gasteiger partial charge in [-0.2, -0.15) is 0 Å². The first-order chi connectivity index (χ1) is 28.3. The van der Waals surface area contributed by atoms with Gasteiger partial charge in [-0.05, 0) is 117 Å². The third-order valence-electron chi connectivity index (χ3n) is 11.8. The summed E-state index contributed by atoms with van der Waals surface area (Å²) in [6.45, 7) is 0. The van der Waals surface area contributed by atoms with E-state index in [0.29, 0.717) is 0 Å². The van der Waals surface area contributed by atoms with E-state index in [1.54, 1.807) is 0 Å². The molecule has 0 aliphatic heterocycles. The molecule has 1 atom stereocenters. The Labute approximate surface area is 334 Å². The highest BCUT2D eigenvalue weighted by Crippen LogP contribution is 2.64. The van der Waals surface area contributed by atoms with E-state index in [9.17, 15) is 0 Å². The highest BCUT2D eigenvalue weighted by atomic mass is 15.1. The summed E-state index contributed by atoms with van der Waals surface area (Å²) in [6, 6.07) is 84.1. The van der Waals surface area contributed by atoms with Crippen molar-refractivity contribution in [2.45, 2.75) is 5.41 Å². The summed E-state index contributed by atoms with van der Waals surface area (Å²) in [4.78, 5) is 4.80. The highest BCUT2D eigenvalue weighted by Gasteiger charge is 2.52. The quantitative estimate of drug-likeness (QED) is 0.161. The number of hydrogen-bond donors (Lipinski definition) is 0. The van der Waals surface area contributed by atoms with Gasteiger partial charge in [0, 0.05) is 34.0 Å². The van der Waals surface area contributed by atoms with E-state index in [1.165, 1.54) is 55.6 Å². The van der Waals surface area contributed by atoms with Crippen LogP contribution >= 0.6 is 0 Å². The van der Waals surface area contributed by atoms with Crippen molar-refractivity contribution in [1.82, 2.24) is 0 Å². The Morgan fingerprint density at radius 3 is 1.28 bits per heavy atom. The predicted molar refractivity (Wildman–Crippen MR) is 238 cm³/mol. The van der Waals surface area contributed by atoms with E-state index in [2.05, 4.69) is 240 Å². The number of rotatable bonds is 7. The number of hydrogen-bond acceptors (Lipinski definition) is 2. The topological polar surface area (TPSA) is 6.48 Å². The minimum atomic E-state index is -0.502. The maximum atomic E-state index is 2.48. The van der Waals surface area contributed by atoms with Crippen LogP contribution in [0.3, 0.4) is 0 Å². The molecule has 2 nitrogen and oxygen atoms in total. The molecule has 0 N–H and O–H groups in total. The largest absolute Gasteiger partial charge is 0.310 e. The molecular weight excluding hydrogens is 689 g/mol.